The molecule has 0 aromatic heterocycles. The fraction of sp³-hybridized carbons (Fsp3) is 0.826. The van der Waals surface area contributed by atoms with Crippen LogP contribution in [-0.2, 0) is 19.2 Å². The van der Waals surface area contributed by atoms with E-state index in [-0.39, 0.29) is 35.0 Å². The normalized spacial score (nSPS) is 39.4. The zero-order valence-corrected chi connectivity index (χ0v) is 19.0. The van der Waals surface area contributed by atoms with Crippen molar-refractivity contribution in [3.63, 3.8) is 0 Å². The summed E-state index contributed by atoms with van der Waals surface area (Å²) in [5, 5.41) is 0. The van der Waals surface area contributed by atoms with Crippen molar-refractivity contribution in [1.29, 1.82) is 0 Å². The number of carbonyl (C=O) groups is 4. The number of nitrogens with zero attached hydrogens (tertiary/aromatic N) is 1. The molecule has 8 heteroatoms. The molecule has 3 unspecified atom stereocenters. The number of thioether (sulfide) groups is 1. The van der Waals surface area contributed by atoms with Gasteiger partial charge in [0.25, 0.3) is 5.91 Å². The highest BCUT2D eigenvalue weighted by Gasteiger charge is 2.55. The van der Waals surface area contributed by atoms with E-state index in [1.165, 1.54) is 35.9 Å². The number of imide groups is 1. The number of hydrogen-bond acceptors (Lipinski definition) is 5. The molecule has 3 atom stereocenters. The van der Waals surface area contributed by atoms with Crippen LogP contribution in [0.2, 0.25) is 0 Å². The summed E-state index contributed by atoms with van der Waals surface area (Å²) in [4.78, 5) is 53.4. The highest BCUT2D eigenvalue weighted by atomic mass is 32.2. The Kier molecular flexibility index (Phi) is 5.55. The molecule has 5 saturated carbocycles. The van der Waals surface area contributed by atoms with Crippen molar-refractivity contribution < 1.29 is 19.2 Å². The molecule has 1 aliphatic heterocycles. The summed E-state index contributed by atoms with van der Waals surface area (Å²) in [6.07, 6.45) is 11.7. The average Bonchev–Trinajstić information content (AvgIpc) is 2.99. The number of rotatable bonds is 5. The van der Waals surface area contributed by atoms with Crippen LogP contribution in [0.15, 0.2) is 0 Å². The monoisotopic (exact) mass is 447 g/mol. The standard InChI is InChI=1S/C23H33N3O4S/c1-31-12-18(26-20(28)16-4-2-3-5-17(16)21(26)29)19(27)24-25-22(30)23-9-13-6-14(10-23)8-15(7-13)11-23/h13-18H,2-12H2,1H3,(H,24,27)(H,25,30). The van der Waals surface area contributed by atoms with Crippen molar-refractivity contribution in [1.82, 2.24) is 15.8 Å². The minimum atomic E-state index is -0.878. The van der Waals surface area contributed by atoms with E-state index in [1.54, 1.807) is 0 Å². The van der Waals surface area contributed by atoms with E-state index >= 15 is 0 Å². The first-order valence-corrected chi connectivity index (χ1v) is 13.3. The maximum atomic E-state index is 13.2. The smallest absolute Gasteiger partial charge is 0.262 e. The summed E-state index contributed by atoms with van der Waals surface area (Å²) in [6, 6.07) is -0.878. The van der Waals surface area contributed by atoms with Crippen molar-refractivity contribution in [2.75, 3.05) is 12.0 Å². The second-order valence-electron chi connectivity index (χ2n) is 10.7. The summed E-state index contributed by atoms with van der Waals surface area (Å²) < 4.78 is 0. The molecule has 7 nitrogen and oxygen atoms in total. The Morgan fingerprint density at radius 3 is 1.97 bits per heavy atom. The lowest BCUT2D eigenvalue weighted by Crippen LogP contribution is -2.60. The lowest BCUT2D eigenvalue weighted by molar-refractivity contribution is -0.151. The fourth-order valence-electron chi connectivity index (χ4n) is 7.64. The highest BCUT2D eigenvalue weighted by molar-refractivity contribution is 7.98. The number of hydrogen-bond donors (Lipinski definition) is 2. The Balaban J connectivity index is 1.26. The Hall–Kier alpha value is -1.57. The second kappa shape index (κ2) is 8.09. The van der Waals surface area contributed by atoms with E-state index in [0.29, 0.717) is 23.5 Å². The SMILES string of the molecule is CSCC(C(=O)NNC(=O)C12CC3CC(CC(C3)C1)C2)N1C(=O)C2CCCCC2C1=O. The second-order valence-corrected chi connectivity index (χ2v) is 11.6. The summed E-state index contributed by atoms with van der Waals surface area (Å²) in [7, 11) is 0. The molecule has 170 valence electrons. The maximum absolute atomic E-state index is 13.2. The van der Waals surface area contributed by atoms with Gasteiger partial charge in [-0.2, -0.15) is 11.8 Å². The van der Waals surface area contributed by atoms with Crippen molar-refractivity contribution in [3.8, 4) is 0 Å². The average molecular weight is 448 g/mol. The molecule has 31 heavy (non-hydrogen) atoms. The molecular formula is C23H33N3O4S. The van der Waals surface area contributed by atoms with E-state index in [4.69, 9.17) is 0 Å². The number of likely N-dealkylation sites (tertiary alicyclic amines) is 1. The van der Waals surface area contributed by atoms with Crippen LogP contribution in [0.25, 0.3) is 0 Å². The highest BCUT2D eigenvalue weighted by Crippen LogP contribution is 2.60. The first-order chi connectivity index (χ1) is 14.9. The van der Waals surface area contributed by atoms with Gasteiger partial charge in [-0.25, -0.2) is 0 Å². The summed E-state index contributed by atoms with van der Waals surface area (Å²) in [5.41, 5.74) is 4.94. The molecule has 1 saturated heterocycles. The lowest BCUT2D eigenvalue weighted by atomic mass is 9.49. The molecule has 0 spiro atoms. The molecule has 6 rings (SSSR count). The minimum absolute atomic E-state index is 0.0874. The summed E-state index contributed by atoms with van der Waals surface area (Å²) in [6.45, 7) is 0. The van der Waals surface area contributed by atoms with E-state index in [0.717, 1.165) is 44.9 Å². The van der Waals surface area contributed by atoms with Gasteiger partial charge in [0.1, 0.15) is 6.04 Å². The number of fused-ring (bicyclic) bond motifs is 1. The van der Waals surface area contributed by atoms with Gasteiger partial charge in [-0.1, -0.05) is 12.8 Å². The Labute approximate surface area is 187 Å². The lowest BCUT2D eigenvalue weighted by Gasteiger charge is -2.55. The van der Waals surface area contributed by atoms with Gasteiger partial charge >= 0.3 is 0 Å². The van der Waals surface area contributed by atoms with Crippen LogP contribution < -0.4 is 10.9 Å². The first-order valence-electron chi connectivity index (χ1n) is 11.9. The Morgan fingerprint density at radius 2 is 1.48 bits per heavy atom. The van der Waals surface area contributed by atoms with E-state index in [1.807, 2.05) is 6.26 Å². The van der Waals surface area contributed by atoms with E-state index < -0.39 is 11.9 Å². The third-order valence-corrected chi connectivity index (χ3v) is 9.28. The molecule has 0 aromatic carbocycles. The molecule has 0 radical (unpaired) electrons. The van der Waals surface area contributed by atoms with Crippen LogP contribution in [0.1, 0.15) is 64.2 Å². The van der Waals surface area contributed by atoms with Gasteiger partial charge in [-0.3, -0.25) is 34.9 Å². The Bertz CT molecular complexity index is 740. The fourth-order valence-corrected chi connectivity index (χ4v) is 8.26. The van der Waals surface area contributed by atoms with Crippen LogP contribution in [0.5, 0.6) is 0 Å². The largest absolute Gasteiger partial charge is 0.274 e. The quantitative estimate of drug-likeness (QED) is 0.498. The topological polar surface area (TPSA) is 95.6 Å². The van der Waals surface area contributed by atoms with Gasteiger partial charge in [0.2, 0.25) is 17.7 Å². The molecule has 4 bridgehead atoms. The van der Waals surface area contributed by atoms with Gasteiger partial charge in [0, 0.05) is 5.75 Å². The maximum Gasteiger partial charge on any atom is 0.262 e. The van der Waals surface area contributed by atoms with Crippen LogP contribution in [-0.4, -0.2) is 46.6 Å². The molecule has 6 fully saturated rings. The molecule has 2 N–H and O–H groups in total. The van der Waals surface area contributed by atoms with Gasteiger partial charge in [0.05, 0.1) is 17.3 Å². The van der Waals surface area contributed by atoms with Crippen LogP contribution in [0.3, 0.4) is 0 Å². The number of hydrazine groups is 1. The zero-order chi connectivity index (χ0) is 21.8. The van der Waals surface area contributed by atoms with Crippen LogP contribution >= 0.6 is 11.8 Å². The molecule has 6 aliphatic rings. The van der Waals surface area contributed by atoms with Gasteiger partial charge < -0.3 is 0 Å². The zero-order valence-electron chi connectivity index (χ0n) is 18.2. The predicted molar refractivity (Wildman–Crippen MR) is 116 cm³/mol. The van der Waals surface area contributed by atoms with Crippen molar-refractivity contribution in [2.24, 2.45) is 35.0 Å². The Morgan fingerprint density at radius 1 is 0.968 bits per heavy atom. The van der Waals surface area contributed by atoms with E-state index in [9.17, 15) is 19.2 Å². The third-order valence-electron chi connectivity index (χ3n) is 8.63. The first kappa shape index (κ1) is 21.3. The van der Waals surface area contributed by atoms with Crippen molar-refractivity contribution in [2.45, 2.75) is 70.3 Å². The van der Waals surface area contributed by atoms with Crippen molar-refractivity contribution in [3.05, 3.63) is 0 Å². The molecule has 4 amide bonds. The van der Waals surface area contributed by atoms with Gasteiger partial charge in [-0.15, -0.1) is 0 Å². The van der Waals surface area contributed by atoms with Gasteiger partial charge in [0.15, 0.2) is 0 Å². The van der Waals surface area contributed by atoms with E-state index in [2.05, 4.69) is 10.9 Å². The molecule has 5 aliphatic carbocycles. The summed E-state index contributed by atoms with van der Waals surface area (Å²) in [5.74, 6) is 0.715. The number of carbonyl (C=O) groups excluding carboxylic acids is 4. The molecule has 0 aromatic rings. The molecular weight excluding hydrogens is 414 g/mol. The van der Waals surface area contributed by atoms with Gasteiger partial charge in [-0.05, 0) is 75.4 Å². The predicted octanol–water partition coefficient (Wildman–Crippen LogP) is 2.26. The number of amides is 4. The molecule has 1 heterocycles. The van der Waals surface area contributed by atoms with Crippen LogP contribution in [0, 0.1) is 35.0 Å². The van der Waals surface area contributed by atoms with Crippen LogP contribution in [0.4, 0.5) is 0 Å². The number of nitrogens with one attached hydrogen (secondary N) is 2. The van der Waals surface area contributed by atoms with Crippen molar-refractivity contribution >= 4 is 35.4 Å². The minimum Gasteiger partial charge on any atom is -0.274 e. The third kappa shape index (κ3) is 3.58. The summed E-state index contributed by atoms with van der Waals surface area (Å²) >= 11 is 1.42.